The molecule has 0 spiro atoms. The number of nitrogen functional groups attached to an aromatic ring is 1. The maximum atomic E-state index is 12.2. The molecule has 0 radical (unpaired) electrons. The van der Waals surface area contributed by atoms with Crippen molar-refractivity contribution in [2.24, 2.45) is 0 Å². The number of aromatic nitrogens is 1. The minimum Gasteiger partial charge on any atom is -0.382 e. The molecule has 3 rings (SSSR count). The Balaban J connectivity index is 1.75. The zero-order valence-corrected chi connectivity index (χ0v) is 12.7. The van der Waals surface area contributed by atoms with Gasteiger partial charge in [0.25, 0.3) is 5.91 Å². The quantitative estimate of drug-likeness (QED) is 0.912. The molecule has 2 aromatic rings. The first-order valence-electron chi connectivity index (χ1n) is 7.25. The molecule has 110 valence electrons. The topological polar surface area (TPSA) is 68.0 Å². The van der Waals surface area contributed by atoms with Crippen LogP contribution in [0.1, 0.15) is 41.6 Å². The molecule has 1 heterocycles. The Morgan fingerprint density at radius 1 is 1.29 bits per heavy atom. The molecule has 0 atom stereocenters. The lowest BCUT2D eigenvalue weighted by Crippen LogP contribution is -2.39. The number of amides is 1. The lowest BCUT2D eigenvalue weighted by molar-refractivity contribution is 0.0944. The van der Waals surface area contributed by atoms with Crippen molar-refractivity contribution < 1.29 is 4.79 Å². The predicted octanol–water partition coefficient (Wildman–Crippen LogP) is 2.97. The van der Waals surface area contributed by atoms with E-state index < -0.39 is 0 Å². The monoisotopic (exact) mass is 301 g/mol. The second-order valence-electron chi connectivity index (χ2n) is 5.65. The van der Waals surface area contributed by atoms with Gasteiger partial charge < -0.3 is 11.1 Å². The van der Waals surface area contributed by atoms with Crippen LogP contribution in [0.2, 0.25) is 0 Å². The van der Waals surface area contributed by atoms with Crippen LogP contribution in [-0.2, 0) is 5.41 Å². The summed E-state index contributed by atoms with van der Waals surface area (Å²) in [6, 6.07) is 10.5. The van der Waals surface area contributed by atoms with Gasteiger partial charge in [0.15, 0.2) is 0 Å². The first-order valence-corrected chi connectivity index (χ1v) is 8.08. The average Bonchev–Trinajstić information content (AvgIpc) is 3.15. The van der Waals surface area contributed by atoms with Gasteiger partial charge in [-0.25, -0.2) is 0 Å². The molecule has 3 N–H and O–H groups in total. The Labute approximate surface area is 128 Å². The van der Waals surface area contributed by atoms with Crippen molar-refractivity contribution in [3.63, 3.8) is 0 Å². The number of nitrogens with zero attached hydrogens (tertiary/aromatic N) is 1. The normalized spacial score (nSPS) is 16.8. The fourth-order valence-electron chi connectivity index (χ4n) is 3.17. The van der Waals surface area contributed by atoms with Gasteiger partial charge in [0.05, 0.1) is 5.56 Å². The number of nitrogens with one attached hydrogen (secondary N) is 1. The van der Waals surface area contributed by atoms with Gasteiger partial charge >= 0.3 is 0 Å². The molecule has 0 bridgehead atoms. The number of rotatable bonds is 4. The van der Waals surface area contributed by atoms with Crippen LogP contribution in [0.5, 0.6) is 0 Å². The maximum Gasteiger partial charge on any atom is 0.255 e. The minimum atomic E-state index is -0.122. The van der Waals surface area contributed by atoms with E-state index in [0.717, 1.165) is 12.8 Å². The van der Waals surface area contributed by atoms with Gasteiger partial charge in [0.1, 0.15) is 5.82 Å². The molecule has 1 saturated carbocycles. The number of hydrogen-bond donors (Lipinski definition) is 2. The first-order chi connectivity index (χ1) is 10.2. The number of benzene rings is 1. The van der Waals surface area contributed by atoms with E-state index >= 15 is 0 Å². The van der Waals surface area contributed by atoms with E-state index in [1.54, 1.807) is 5.38 Å². The Kier molecular flexibility index (Phi) is 3.92. The highest BCUT2D eigenvalue weighted by atomic mass is 32.1. The molecular weight excluding hydrogens is 282 g/mol. The van der Waals surface area contributed by atoms with Crippen molar-refractivity contribution in [3.05, 3.63) is 46.8 Å². The second-order valence-corrected chi connectivity index (χ2v) is 6.28. The van der Waals surface area contributed by atoms with Crippen molar-refractivity contribution in [2.45, 2.75) is 31.1 Å². The van der Waals surface area contributed by atoms with Crippen LogP contribution in [0.25, 0.3) is 0 Å². The van der Waals surface area contributed by atoms with E-state index in [1.165, 1.54) is 29.9 Å². The third-order valence-corrected chi connectivity index (χ3v) is 5.02. The van der Waals surface area contributed by atoms with E-state index in [9.17, 15) is 4.79 Å². The summed E-state index contributed by atoms with van der Waals surface area (Å²) in [7, 11) is 0. The van der Waals surface area contributed by atoms with Crippen LogP contribution in [0.4, 0.5) is 5.82 Å². The molecule has 5 heteroatoms. The van der Waals surface area contributed by atoms with Gasteiger partial charge in [-0.3, -0.25) is 4.79 Å². The van der Waals surface area contributed by atoms with Crippen molar-refractivity contribution in [1.29, 1.82) is 0 Å². The van der Waals surface area contributed by atoms with Gasteiger partial charge in [-0.1, -0.05) is 43.2 Å². The molecular formula is C16H19N3OS. The highest BCUT2D eigenvalue weighted by molar-refractivity contribution is 7.04. The summed E-state index contributed by atoms with van der Waals surface area (Å²) in [6.45, 7) is 0.658. The van der Waals surface area contributed by atoms with Crippen molar-refractivity contribution >= 4 is 23.3 Å². The Morgan fingerprint density at radius 3 is 2.62 bits per heavy atom. The van der Waals surface area contributed by atoms with Crippen LogP contribution >= 0.6 is 11.5 Å². The van der Waals surface area contributed by atoms with Crippen LogP contribution < -0.4 is 11.1 Å². The summed E-state index contributed by atoms with van der Waals surface area (Å²) in [5.41, 5.74) is 7.58. The van der Waals surface area contributed by atoms with Gasteiger partial charge in [-0.2, -0.15) is 4.37 Å². The van der Waals surface area contributed by atoms with Gasteiger partial charge in [0, 0.05) is 17.3 Å². The number of carbonyl (C=O) groups is 1. The van der Waals surface area contributed by atoms with E-state index in [2.05, 4.69) is 34.0 Å². The standard InChI is InChI=1S/C16H19N3OS/c17-14-13(10-21-19-14)15(20)18-11-16(8-4-5-9-16)12-6-2-1-3-7-12/h1-3,6-7,10H,4-5,8-9,11H2,(H2,17,19)(H,18,20). The van der Waals surface area contributed by atoms with Crippen LogP contribution in [0.15, 0.2) is 35.7 Å². The average molecular weight is 301 g/mol. The fourth-order valence-corrected chi connectivity index (χ4v) is 3.77. The first kappa shape index (κ1) is 14.1. The maximum absolute atomic E-state index is 12.2. The number of hydrogen-bond acceptors (Lipinski definition) is 4. The summed E-state index contributed by atoms with van der Waals surface area (Å²) < 4.78 is 3.95. The van der Waals surface area contributed by atoms with Crippen molar-refractivity contribution in [3.8, 4) is 0 Å². The van der Waals surface area contributed by atoms with Gasteiger partial charge in [0.2, 0.25) is 0 Å². The fraction of sp³-hybridized carbons (Fsp3) is 0.375. The molecule has 0 unspecified atom stereocenters. The summed E-state index contributed by atoms with van der Waals surface area (Å²) in [6.07, 6.45) is 4.67. The number of carbonyl (C=O) groups excluding carboxylic acids is 1. The lowest BCUT2D eigenvalue weighted by atomic mass is 9.79. The zero-order valence-electron chi connectivity index (χ0n) is 11.8. The summed E-state index contributed by atoms with van der Waals surface area (Å²) >= 11 is 1.21. The van der Waals surface area contributed by atoms with E-state index in [1.807, 2.05) is 6.07 Å². The molecule has 0 saturated heterocycles. The molecule has 1 fully saturated rings. The van der Waals surface area contributed by atoms with E-state index in [-0.39, 0.29) is 11.3 Å². The van der Waals surface area contributed by atoms with E-state index in [0.29, 0.717) is 17.9 Å². The molecule has 1 aliphatic carbocycles. The summed E-state index contributed by atoms with van der Waals surface area (Å²) in [5, 5.41) is 4.76. The third kappa shape index (κ3) is 2.78. The van der Waals surface area contributed by atoms with Crippen molar-refractivity contribution in [1.82, 2.24) is 9.69 Å². The van der Waals surface area contributed by atoms with E-state index in [4.69, 9.17) is 5.73 Å². The van der Waals surface area contributed by atoms with Crippen LogP contribution in [0.3, 0.4) is 0 Å². The summed E-state index contributed by atoms with van der Waals surface area (Å²) in [4.78, 5) is 12.2. The second kappa shape index (κ2) is 5.85. The Bertz CT molecular complexity index is 617. The lowest BCUT2D eigenvalue weighted by Gasteiger charge is -2.30. The summed E-state index contributed by atoms with van der Waals surface area (Å²) in [5.74, 6) is 0.195. The minimum absolute atomic E-state index is 0.0646. The highest BCUT2D eigenvalue weighted by Crippen LogP contribution is 2.40. The molecule has 1 amide bonds. The molecule has 4 nitrogen and oxygen atoms in total. The Morgan fingerprint density at radius 2 is 2.00 bits per heavy atom. The molecule has 21 heavy (non-hydrogen) atoms. The molecule has 1 aliphatic rings. The van der Waals surface area contributed by atoms with Gasteiger partial charge in [-0.05, 0) is 29.9 Å². The number of nitrogens with two attached hydrogens (primary N) is 1. The third-order valence-electron chi connectivity index (χ3n) is 4.38. The molecule has 1 aromatic carbocycles. The van der Waals surface area contributed by atoms with Crippen molar-refractivity contribution in [2.75, 3.05) is 12.3 Å². The highest BCUT2D eigenvalue weighted by Gasteiger charge is 2.35. The largest absolute Gasteiger partial charge is 0.382 e. The Hall–Kier alpha value is -1.88. The predicted molar refractivity (Wildman–Crippen MR) is 85.4 cm³/mol. The van der Waals surface area contributed by atoms with Crippen LogP contribution in [0, 0.1) is 0 Å². The smallest absolute Gasteiger partial charge is 0.255 e. The molecule has 0 aliphatic heterocycles. The van der Waals surface area contributed by atoms with Gasteiger partial charge in [-0.15, -0.1) is 0 Å². The zero-order chi connectivity index (χ0) is 14.7. The SMILES string of the molecule is Nc1nscc1C(=O)NCC1(c2ccccc2)CCCC1. The number of anilines is 1. The van der Waals surface area contributed by atoms with Crippen LogP contribution in [-0.4, -0.2) is 16.8 Å². The molecule has 1 aromatic heterocycles.